The lowest BCUT2D eigenvalue weighted by atomic mass is 10.1. The highest BCUT2D eigenvalue weighted by molar-refractivity contribution is 6.30. The standard InChI is InChI=1S/C17H18ClFN2O4/c1-9-13(10(2)25-21-9)5-7-16(22)24-11(3)17(23)20-15-6-4-12(18)8-14(15)19/h4,6,8,11H,5,7H2,1-3H3,(H,20,23)/t11-/m0/s1. The fourth-order valence-corrected chi connectivity index (χ4v) is 2.38. The van der Waals surface area contributed by atoms with Crippen molar-refractivity contribution >= 4 is 29.2 Å². The number of nitrogens with zero attached hydrogens (tertiary/aromatic N) is 1. The molecule has 0 saturated heterocycles. The number of carbonyl (C=O) groups excluding carboxylic acids is 2. The topological polar surface area (TPSA) is 81.4 Å². The summed E-state index contributed by atoms with van der Waals surface area (Å²) in [7, 11) is 0. The second-order valence-corrected chi connectivity index (χ2v) is 5.98. The van der Waals surface area contributed by atoms with E-state index in [2.05, 4.69) is 10.5 Å². The Labute approximate surface area is 149 Å². The Kier molecular flexibility index (Phi) is 6.14. The minimum absolute atomic E-state index is 0.0342. The number of halogens is 2. The van der Waals surface area contributed by atoms with Crippen LogP contribution >= 0.6 is 11.6 Å². The Morgan fingerprint density at radius 1 is 1.40 bits per heavy atom. The summed E-state index contributed by atoms with van der Waals surface area (Å²) < 4.78 is 23.8. The Hall–Kier alpha value is -2.41. The molecule has 2 rings (SSSR count). The molecular weight excluding hydrogens is 351 g/mol. The summed E-state index contributed by atoms with van der Waals surface area (Å²) >= 11 is 5.65. The van der Waals surface area contributed by atoms with Crippen molar-refractivity contribution in [1.82, 2.24) is 5.16 Å². The van der Waals surface area contributed by atoms with Crippen molar-refractivity contribution < 1.29 is 23.2 Å². The summed E-state index contributed by atoms with van der Waals surface area (Å²) in [4.78, 5) is 23.9. The molecule has 0 fully saturated rings. The normalized spacial score (nSPS) is 11.9. The van der Waals surface area contributed by atoms with Gasteiger partial charge in [0.25, 0.3) is 5.91 Å². The van der Waals surface area contributed by atoms with Crippen LogP contribution in [0, 0.1) is 19.7 Å². The lowest BCUT2D eigenvalue weighted by Gasteiger charge is -2.14. The number of amides is 1. The molecule has 2 aromatic rings. The lowest BCUT2D eigenvalue weighted by molar-refractivity contribution is -0.153. The first-order valence-corrected chi connectivity index (χ1v) is 8.03. The number of rotatable bonds is 6. The van der Waals surface area contributed by atoms with E-state index in [0.29, 0.717) is 17.9 Å². The summed E-state index contributed by atoms with van der Waals surface area (Å²) in [5, 5.41) is 6.38. The zero-order valence-corrected chi connectivity index (χ0v) is 14.8. The number of carbonyl (C=O) groups is 2. The van der Waals surface area contributed by atoms with E-state index in [1.165, 1.54) is 19.1 Å². The van der Waals surface area contributed by atoms with Crippen molar-refractivity contribution in [3.8, 4) is 0 Å². The van der Waals surface area contributed by atoms with E-state index in [9.17, 15) is 14.0 Å². The summed E-state index contributed by atoms with van der Waals surface area (Å²) in [5.74, 6) is -1.20. The Bertz CT molecular complexity index is 771. The SMILES string of the molecule is Cc1noc(C)c1CCC(=O)O[C@@H](C)C(=O)Nc1ccc(Cl)cc1F. The molecule has 1 aromatic heterocycles. The summed E-state index contributed by atoms with van der Waals surface area (Å²) in [6.07, 6.45) is -0.581. The van der Waals surface area contributed by atoms with Crippen LogP contribution in [0.1, 0.15) is 30.4 Å². The van der Waals surface area contributed by atoms with Crippen molar-refractivity contribution in [2.75, 3.05) is 5.32 Å². The maximum absolute atomic E-state index is 13.7. The predicted molar refractivity (Wildman–Crippen MR) is 89.9 cm³/mol. The highest BCUT2D eigenvalue weighted by atomic mass is 35.5. The van der Waals surface area contributed by atoms with Gasteiger partial charge in [-0.3, -0.25) is 9.59 Å². The van der Waals surface area contributed by atoms with Crippen molar-refractivity contribution in [2.24, 2.45) is 0 Å². The van der Waals surface area contributed by atoms with E-state index in [4.69, 9.17) is 20.9 Å². The maximum Gasteiger partial charge on any atom is 0.306 e. The number of benzene rings is 1. The molecule has 1 atom stereocenters. The van der Waals surface area contributed by atoms with Gasteiger partial charge < -0.3 is 14.6 Å². The third-order valence-electron chi connectivity index (χ3n) is 3.63. The number of anilines is 1. The molecule has 1 heterocycles. The number of hydrogen-bond donors (Lipinski definition) is 1. The third kappa shape index (κ3) is 5.03. The van der Waals surface area contributed by atoms with Gasteiger partial charge in [0.05, 0.1) is 11.4 Å². The average molecular weight is 369 g/mol. The van der Waals surface area contributed by atoms with Gasteiger partial charge in [-0.1, -0.05) is 16.8 Å². The lowest BCUT2D eigenvalue weighted by Crippen LogP contribution is -2.30. The van der Waals surface area contributed by atoms with Crippen molar-refractivity contribution in [3.05, 3.63) is 46.1 Å². The minimum atomic E-state index is -1.06. The van der Waals surface area contributed by atoms with Gasteiger partial charge in [-0.05, 0) is 45.4 Å². The molecule has 25 heavy (non-hydrogen) atoms. The van der Waals surface area contributed by atoms with Crippen LogP contribution < -0.4 is 5.32 Å². The number of nitrogens with one attached hydrogen (secondary N) is 1. The van der Waals surface area contributed by atoms with E-state index < -0.39 is 23.8 Å². The predicted octanol–water partition coefficient (Wildman–Crippen LogP) is 3.59. The molecule has 0 bridgehead atoms. The van der Waals surface area contributed by atoms with Gasteiger partial charge in [-0.2, -0.15) is 0 Å². The Balaban J connectivity index is 1.86. The summed E-state index contributed by atoms with van der Waals surface area (Å²) in [6, 6.07) is 3.86. The monoisotopic (exact) mass is 368 g/mol. The maximum atomic E-state index is 13.7. The number of ether oxygens (including phenoxy) is 1. The van der Waals surface area contributed by atoms with Gasteiger partial charge in [0.15, 0.2) is 6.10 Å². The van der Waals surface area contributed by atoms with Crippen LogP contribution in [0.5, 0.6) is 0 Å². The molecule has 8 heteroatoms. The van der Waals surface area contributed by atoms with E-state index in [0.717, 1.165) is 11.6 Å². The van der Waals surface area contributed by atoms with Crippen LogP contribution in [0.4, 0.5) is 10.1 Å². The fourth-order valence-electron chi connectivity index (χ4n) is 2.22. The zero-order chi connectivity index (χ0) is 18.6. The molecule has 0 unspecified atom stereocenters. The smallest absolute Gasteiger partial charge is 0.306 e. The van der Waals surface area contributed by atoms with Crippen LogP contribution in [0.25, 0.3) is 0 Å². The molecule has 0 saturated carbocycles. The molecular formula is C17H18ClFN2O4. The number of aryl methyl sites for hydroxylation is 2. The van der Waals surface area contributed by atoms with E-state index in [1.807, 2.05) is 0 Å². The van der Waals surface area contributed by atoms with Gasteiger partial charge in [-0.25, -0.2) is 4.39 Å². The first kappa shape index (κ1) is 18.9. The number of hydrogen-bond acceptors (Lipinski definition) is 5. The summed E-state index contributed by atoms with van der Waals surface area (Å²) in [5.41, 5.74) is 1.53. The largest absolute Gasteiger partial charge is 0.453 e. The van der Waals surface area contributed by atoms with E-state index >= 15 is 0 Å². The highest BCUT2D eigenvalue weighted by Crippen LogP contribution is 2.19. The third-order valence-corrected chi connectivity index (χ3v) is 3.86. The quantitative estimate of drug-likeness (QED) is 0.788. The van der Waals surface area contributed by atoms with Crippen molar-refractivity contribution in [3.63, 3.8) is 0 Å². The summed E-state index contributed by atoms with van der Waals surface area (Å²) in [6.45, 7) is 4.96. The molecule has 1 aromatic carbocycles. The molecule has 134 valence electrons. The van der Waals surface area contributed by atoms with Crippen molar-refractivity contribution in [1.29, 1.82) is 0 Å². The molecule has 1 N–H and O–H groups in total. The second-order valence-electron chi connectivity index (χ2n) is 5.55. The van der Waals surface area contributed by atoms with E-state index in [1.54, 1.807) is 13.8 Å². The van der Waals surface area contributed by atoms with Gasteiger partial charge >= 0.3 is 5.97 Å². The van der Waals surface area contributed by atoms with Gasteiger partial charge in [0.1, 0.15) is 11.6 Å². The average Bonchev–Trinajstić information content (AvgIpc) is 2.86. The zero-order valence-electron chi connectivity index (χ0n) is 14.1. The minimum Gasteiger partial charge on any atom is -0.453 e. The first-order valence-electron chi connectivity index (χ1n) is 7.65. The molecule has 0 spiro atoms. The van der Waals surface area contributed by atoms with Crippen LogP contribution in [-0.2, 0) is 20.7 Å². The van der Waals surface area contributed by atoms with Crippen LogP contribution in [0.3, 0.4) is 0 Å². The van der Waals surface area contributed by atoms with Gasteiger partial charge in [-0.15, -0.1) is 0 Å². The van der Waals surface area contributed by atoms with Gasteiger partial charge in [0.2, 0.25) is 0 Å². The Morgan fingerprint density at radius 2 is 2.12 bits per heavy atom. The molecule has 0 aliphatic heterocycles. The molecule has 0 aliphatic carbocycles. The number of esters is 1. The molecule has 0 radical (unpaired) electrons. The number of aromatic nitrogens is 1. The van der Waals surface area contributed by atoms with Crippen LogP contribution in [0.2, 0.25) is 5.02 Å². The molecule has 1 amide bonds. The fraction of sp³-hybridized carbons (Fsp3) is 0.353. The first-order chi connectivity index (χ1) is 11.8. The Morgan fingerprint density at radius 3 is 2.72 bits per heavy atom. The van der Waals surface area contributed by atoms with Gasteiger partial charge in [0, 0.05) is 17.0 Å². The molecule has 0 aliphatic rings. The van der Waals surface area contributed by atoms with E-state index in [-0.39, 0.29) is 17.1 Å². The molecule has 6 nitrogen and oxygen atoms in total. The van der Waals surface area contributed by atoms with Crippen LogP contribution in [-0.4, -0.2) is 23.1 Å². The van der Waals surface area contributed by atoms with Crippen molar-refractivity contribution in [2.45, 2.75) is 39.7 Å². The van der Waals surface area contributed by atoms with Crippen LogP contribution in [0.15, 0.2) is 22.7 Å². The highest BCUT2D eigenvalue weighted by Gasteiger charge is 2.20. The second kappa shape index (κ2) is 8.11.